The fourth-order valence-electron chi connectivity index (χ4n) is 3.83. The van der Waals surface area contributed by atoms with Gasteiger partial charge in [0.25, 0.3) is 0 Å². The molecule has 1 aliphatic rings. The number of aryl methyl sites for hydroxylation is 3. The molecule has 0 radical (unpaired) electrons. The van der Waals surface area contributed by atoms with Gasteiger partial charge in [0.05, 0.1) is 30.0 Å². The zero-order valence-electron chi connectivity index (χ0n) is 14.7. The molecule has 130 valence electrons. The lowest BCUT2D eigenvalue weighted by Crippen LogP contribution is -2.32. The first-order chi connectivity index (χ1) is 12.1. The second-order valence-corrected chi connectivity index (χ2v) is 6.77. The van der Waals surface area contributed by atoms with Crippen molar-refractivity contribution in [2.45, 2.75) is 38.8 Å². The summed E-state index contributed by atoms with van der Waals surface area (Å²) < 4.78 is 3.97. The lowest BCUT2D eigenvalue weighted by Gasteiger charge is -2.24. The SMILES string of the molecule is Cc1cn(C)c(C2CCCN2C(=O)CCn2ncc3ccccc32)n1. The largest absolute Gasteiger partial charge is 0.336 e. The second kappa shape index (κ2) is 6.35. The highest BCUT2D eigenvalue weighted by molar-refractivity contribution is 5.79. The molecule has 1 aromatic carbocycles. The minimum atomic E-state index is 0.0977. The van der Waals surface area contributed by atoms with Gasteiger partial charge < -0.3 is 9.47 Å². The van der Waals surface area contributed by atoms with Gasteiger partial charge in [0.1, 0.15) is 5.82 Å². The number of likely N-dealkylation sites (tertiary alicyclic amines) is 1. The molecule has 4 rings (SSSR count). The Balaban J connectivity index is 1.48. The third-order valence-electron chi connectivity index (χ3n) is 4.99. The minimum Gasteiger partial charge on any atom is -0.336 e. The van der Waals surface area contributed by atoms with E-state index in [2.05, 4.69) is 10.1 Å². The lowest BCUT2D eigenvalue weighted by molar-refractivity contribution is -0.132. The van der Waals surface area contributed by atoms with Gasteiger partial charge in [-0.1, -0.05) is 18.2 Å². The number of rotatable bonds is 4. The van der Waals surface area contributed by atoms with Gasteiger partial charge in [-0.2, -0.15) is 5.10 Å². The van der Waals surface area contributed by atoms with Crippen molar-refractivity contribution in [3.05, 3.63) is 48.2 Å². The van der Waals surface area contributed by atoms with E-state index in [1.54, 1.807) is 0 Å². The molecule has 1 unspecified atom stereocenters. The van der Waals surface area contributed by atoms with Gasteiger partial charge in [0.2, 0.25) is 5.91 Å². The molecular formula is C19H23N5O. The predicted octanol–water partition coefficient (Wildman–Crippen LogP) is 2.83. The summed E-state index contributed by atoms with van der Waals surface area (Å²) in [6, 6.07) is 8.19. The fourth-order valence-corrected chi connectivity index (χ4v) is 3.83. The van der Waals surface area contributed by atoms with Crippen LogP contribution in [-0.2, 0) is 18.4 Å². The summed E-state index contributed by atoms with van der Waals surface area (Å²) in [6.07, 6.45) is 6.36. The van der Waals surface area contributed by atoms with Crippen molar-refractivity contribution in [3.63, 3.8) is 0 Å². The Morgan fingerprint density at radius 2 is 2.16 bits per heavy atom. The average Bonchev–Trinajstić information content (AvgIpc) is 3.31. The number of hydrogen-bond acceptors (Lipinski definition) is 3. The number of carbonyl (C=O) groups is 1. The van der Waals surface area contributed by atoms with E-state index in [-0.39, 0.29) is 11.9 Å². The van der Waals surface area contributed by atoms with Crippen molar-refractivity contribution in [1.82, 2.24) is 24.2 Å². The Kier molecular flexibility index (Phi) is 4.03. The Morgan fingerprint density at radius 1 is 1.32 bits per heavy atom. The van der Waals surface area contributed by atoms with Crippen LogP contribution in [0.2, 0.25) is 0 Å². The van der Waals surface area contributed by atoms with Crippen molar-refractivity contribution in [2.75, 3.05) is 6.54 Å². The first-order valence-electron chi connectivity index (χ1n) is 8.83. The molecule has 0 spiro atoms. The van der Waals surface area contributed by atoms with Crippen LogP contribution in [0.1, 0.15) is 36.8 Å². The van der Waals surface area contributed by atoms with Crippen LogP contribution in [-0.4, -0.2) is 36.7 Å². The van der Waals surface area contributed by atoms with Gasteiger partial charge in [-0.15, -0.1) is 0 Å². The molecule has 0 saturated carbocycles. The quantitative estimate of drug-likeness (QED) is 0.735. The monoisotopic (exact) mass is 337 g/mol. The van der Waals surface area contributed by atoms with Crippen LogP contribution in [0.25, 0.3) is 10.9 Å². The molecule has 1 atom stereocenters. The number of carbonyl (C=O) groups excluding carboxylic acids is 1. The van der Waals surface area contributed by atoms with Gasteiger partial charge in [-0.05, 0) is 25.8 Å². The topological polar surface area (TPSA) is 56.0 Å². The van der Waals surface area contributed by atoms with Crippen LogP contribution >= 0.6 is 0 Å². The number of para-hydroxylation sites is 1. The van der Waals surface area contributed by atoms with Crippen molar-refractivity contribution in [3.8, 4) is 0 Å². The summed E-state index contributed by atoms with van der Waals surface area (Å²) in [7, 11) is 2.01. The number of hydrogen-bond donors (Lipinski definition) is 0. The predicted molar refractivity (Wildman–Crippen MR) is 96.0 cm³/mol. The Hall–Kier alpha value is -2.63. The van der Waals surface area contributed by atoms with Crippen LogP contribution in [0.5, 0.6) is 0 Å². The van der Waals surface area contributed by atoms with E-state index < -0.39 is 0 Å². The average molecular weight is 337 g/mol. The summed E-state index contributed by atoms with van der Waals surface area (Å²) in [5.41, 5.74) is 2.08. The molecule has 0 N–H and O–H groups in total. The Bertz CT molecular complexity index is 910. The van der Waals surface area contributed by atoms with Crippen LogP contribution in [0.3, 0.4) is 0 Å². The number of aromatic nitrogens is 4. The smallest absolute Gasteiger partial charge is 0.225 e. The molecule has 0 bridgehead atoms. The van der Waals surface area contributed by atoms with Gasteiger partial charge >= 0.3 is 0 Å². The molecule has 1 fully saturated rings. The maximum Gasteiger partial charge on any atom is 0.225 e. The maximum atomic E-state index is 12.8. The Morgan fingerprint density at radius 3 is 2.96 bits per heavy atom. The molecule has 25 heavy (non-hydrogen) atoms. The van der Waals surface area contributed by atoms with E-state index in [0.29, 0.717) is 13.0 Å². The molecule has 0 aliphatic carbocycles. The lowest BCUT2D eigenvalue weighted by atomic mass is 10.2. The number of nitrogens with zero attached hydrogens (tertiary/aromatic N) is 5. The number of amides is 1. The molecule has 1 aliphatic heterocycles. The summed E-state index contributed by atoms with van der Waals surface area (Å²) in [5, 5.41) is 5.53. The van der Waals surface area contributed by atoms with E-state index in [9.17, 15) is 4.79 Å². The van der Waals surface area contributed by atoms with Crippen molar-refractivity contribution in [1.29, 1.82) is 0 Å². The first-order valence-corrected chi connectivity index (χ1v) is 8.83. The number of benzene rings is 1. The highest BCUT2D eigenvalue weighted by atomic mass is 16.2. The minimum absolute atomic E-state index is 0.0977. The third-order valence-corrected chi connectivity index (χ3v) is 4.99. The Labute approximate surface area is 147 Å². The van der Waals surface area contributed by atoms with Crippen LogP contribution in [0.15, 0.2) is 36.7 Å². The van der Waals surface area contributed by atoms with E-state index in [1.165, 1.54) is 0 Å². The molecule has 6 nitrogen and oxygen atoms in total. The van der Waals surface area contributed by atoms with Gasteiger partial charge in [-0.3, -0.25) is 9.48 Å². The highest BCUT2D eigenvalue weighted by Gasteiger charge is 2.32. The van der Waals surface area contributed by atoms with Crippen molar-refractivity contribution < 1.29 is 4.79 Å². The van der Waals surface area contributed by atoms with E-state index >= 15 is 0 Å². The first kappa shape index (κ1) is 15.9. The van der Waals surface area contributed by atoms with Gasteiger partial charge in [0, 0.05) is 31.6 Å². The summed E-state index contributed by atoms with van der Waals surface area (Å²) in [6.45, 7) is 3.41. The number of imidazole rings is 1. The molecule has 3 heterocycles. The van der Waals surface area contributed by atoms with Crippen LogP contribution in [0.4, 0.5) is 0 Å². The van der Waals surface area contributed by atoms with Gasteiger partial charge in [-0.25, -0.2) is 4.98 Å². The second-order valence-electron chi connectivity index (χ2n) is 6.77. The molecule has 6 heteroatoms. The summed E-state index contributed by atoms with van der Waals surface area (Å²) in [5.74, 6) is 1.18. The van der Waals surface area contributed by atoms with Crippen LogP contribution < -0.4 is 0 Å². The molecule has 1 saturated heterocycles. The van der Waals surface area contributed by atoms with E-state index in [4.69, 9.17) is 0 Å². The number of fused-ring (bicyclic) bond motifs is 1. The molecular weight excluding hydrogens is 314 g/mol. The normalized spacial score (nSPS) is 17.5. The molecule has 1 amide bonds. The summed E-state index contributed by atoms with van der Waals surface area (Å²) in [4.78, 5) is 19.4. The summed E-state index contributed by atoms with van der Waals surface area (Å²) >= 11 is 0. The standard InChI is InChI=1S/C19H23N5O/c1-14-13-22(2)19(21-14)17-8-5-10-23(17)18(25)9-11-24-16-7-4-3-6-15(16)12-20-24/h3-4,6-7,12-13,17H,5,8-11H2,1-2H3. The third kappa shape index (κ3) is 2.92. The van der Waals surface area contributed by atoms with Crippen molar-refractivity contribution >= 4 is 16.8 Å². The molecule has 3 aromatic rings. The highest BCUT2D eigenvalue weighted by Crippen LogP contribution is 2.31. The van der Waals surface area contributed by atoms with E-state index in [0.717, 1.165) is 41.8 Å². The van der Waals surface area contributed by atoms with Crippen LogP contribution in [0, 0.1) is 6.92 Å². The van der Waals surface area contributed by atoms with Crippen molar-refractivity contribution in [2.24, 2.45) is 7.05 Å². The zero-order chi connectivity index (χ0) is 17.4. The zero-order valence-corrected chi connectivity index (χ0v) is 14.7. The van der Waals surface area contributed by atoms with Gasteiger partial charge in [0.15, 0.2) is 0 Å². The fraction of sp³-hybridized carbons (Fsp3) is 0.421. The molecule has 2 aromatic heterocycles. The van der Waals surface area contributed by atoms with E-state index in [1.807, 2.05) is 64.8 Å². The maximum absolute atomic E-state index is 12.8.